The van der Waals surface area contributed by atoms with Gasteiger partial charge in [-0.05, 0) is 125 Å². The van der Waals surface area contributed by atoms with E-state index < -0.39 is 85.6 Å². The Hall–Kier alpha value is -0.780. The highest BCUT2D eigenvalue weighted by Crippen LogP contribution is 2.76. The Morgan fingerprint density at radius 1 is 0.691 bits per heavy atom. The first-order valence-electron chi connectivity index (χ1n) is 20.9. The summed E-state index contributed by atoms with van der Waals surface area (Å²) in [4.78, 5) is 0. The molecule has 318 valence electrons. The first kappa shape index (κ1) is 43.8. The van der Waals surface area contributed by atoms with Gasteiger partial charge in [0.25, 0.3) is 0 Å². The molecule has 6 fully saturated rings. The molecule has 2 heterocycles. The van der Waals surface area contributed by atoms with Crippen molar-refractivity contribution in [2.24, 2.45) is 45.3 Å². The highest BCUT2D eigenvalue weighted by molar-refractivity contribution is 5.19. The van der Waals surface area contributed by atoms with Crippen molar-refractivity contribution in [1.82, 2.24) is 0 Å². The van der Waals surface area contributed by atoms with Gasteiger partial charge in [-0.3, -0.25) is 0 Å². The maximum Gasteiger partial charge on any atom is 0.187 e. The Labute approximate surface area is 327 Å². The number of aliphatic hydroxyl groups excluding tert-OH is 9. The third-order valence-electron chi connectivity index (χ3n) is 16.7. The predicted octanol–water partition coefficient (Wildman–Crippen LogP) is 2.15. The lowest BCUT2D eigenvalue weighted by atomic mass is 9.35. The molecule has 0 radical (unpaired) electrons. The Kier molecular flexibility index (Phi) is 12.7. The standard InChI is InChI=1S/C42H72O13/c1-22(2)9-8-15-41(7,55-37-35(51)33(49)31(47)26(20-44)53-37)24-12-16-39(5)23(24)10-11-28-40(39,6)17-13-27-38(3,4)29(14-18-42(27,28)21-45)54-36-34(50)32(48)30(46)25(19-43)52-36/h9,23-37,43-51H,8,10-21H2,1-7H3. The van der Waals surface area contributed by atoms with Gasteiger partial charge >= 0.3 is 0 Å². The topological polar surface area (TPSA) is 219 Å². The maximum absolute atomic E-state index is 11.6. The summed E-state index contributed by atoms with van der Waals surface area (Å²) in [5.74, 6) is 0.726. The molecule has 0 amide bonds. The van der Waals surface area contributed by atoms with Crippen LogP contribution in [0.4, 0.5) is 0 Å². The minimum absolute atomic E-state index is 0.0545. The summed E-state index contributed by atoms with van der Waals surface area (Å²) in [6.07, 6.45) is -3.27. The Balaban J connectivity index is 1.25. The van der Waals surface area contributed by atoms with Gasteiger partial charge in [-0.1, -0.05) is 39.3 Å². The number of ether oxygens (including phenoxy) is 4. The first-order chi connectivity index (χ1) is 25.8. The molecule has 0 aromatic carbocycles. The summed E-state index contributed by atoms with van der Waals surface area (Å²) in [7, 11) is 0. The van der Waals surface area contributed by atoms with Gasteiger partial charge < -0.3 is 64.9 Å². The molecule has 13 heteroatoms. The van der Waals surface area contributed by atoms with E-state index in [1.165, 1.54) is 5.57 Å². The number of hydrogen-bond acceptors (Lipinski definition) is 13. The fraction of sp³-hybridized carbons (Fsp3) is 0.952. The van der Waals surface area contributed by atoms with Crippen molar-refractivity contribution >= 4 is 0 Å². The molecule has 2 saturated heterocycles. The molecule has 2 aliphatic heterocycles. The molecule has 55 heavy (non-hydrogen) atoms. The fourth-order valence-electron chi connectivity index (χ4n) is 13.4. The molecule has 6 aliphatic rings. The van der Waals surface area contributed by atoms with Crippen molar-refractivity contribution in [3.05, 3.63) is 11.6 Å². The molecule has 0 aromatic rings. The van der Waals surface area contributed by atoms with Crippen LogP contribution in [0.1, 0.15) is 113 Å². The quantitative estimate of drug-likeness (QED) is 0.109. The molecule has 13 nitrogen and oxygen atoms in total. The Morgan fingerprint density at radius 3 is 1.85 bits per heavy atom. The second kappa shape index (κ2) is 16.0. The lowest BCUT2D eigenvalue weighted by Gasteiger charge is -2.70. The van der Waals surface area contributed by atoms with Gasteiger partial charge in [0.2, 0.25) is 0 Å². The predicted molar refractivity (Wildman–Crippen MR) is 201 cm³/mol. The van der Waals surface area contributed by atoms with E-state index in [0.29, 0.717) is 12.8 Å². The second-order valence-corrected chi connectivity index (χ2v) is 19.8. The van der Waals surface area contributed by atoms with E-state index in [1.54, 1.807) is 0 Å². The summed E-state index contributed by atoms with van der Waals surface area (Å²) in [5.41, 5.74) is -0.537. The van der Waals surface area contributed by atoms with E-state index in [4.69, 9.17) is 18.9 Å². The monoisotopic (exact) mass is 784 g/mol. The highest BCUT2D eigenvalue weighted by atomic mass is 16.7. The zero-order valence-corrected chi connectivity index (χ0v) is 34.1. The third kappa shape index (κ3) is 7.10. The van der Waals surface area contributed by atoms with Crippen LogP contribution in [0.15, 0.2) is 11.6 Å². The van der Waals surface area contributed by atoms with E-state index in [0.717, 1.165) is 51.4 Å². The minimum atomic E-state index is -1.52. The van der Waals surface area contributed by atoms with Crippen molar-refractivity contribution in [2.75, 3.05) is 19.8 Å². The molecule has 9 N–H and O–H groups in total. The van der Waals surface area contributed by atoms with Gasteiger partial charge in [0.15, 0.2) is 12.6 Å². The van der Waals surface area contributed by atoms with Crippen molar-refractivity contribution in [2.45, 2.75) is 186 Å². The smallest absolute Gasteiger partial charge is 0.187 e. The van der Waals surface area contributed by atoms with Crippen LogP contribution in [0, 0.1) is 45.3 Å². The number of aliphatic hydroxyl groups is 9. The molecule has 19 atom stereocenters. The van der Waals surface area contributed by atoms with Gasteiger partial charge in [0.1, 0.15) is 48.8 Å². The molecule has 0 spiro atoms. The lowest BCUT2D eigenvalue weighted by molar-refractivity contribution is -0.336. The van der Waals surface area contributed by atoms with Gasteiger partial charge in [0.05, 0.1) is 24.9 Å². The van der Waals surface area contributed by atoms with Crippen LogP contribution in [-0.2, 0) is 18.9 Å². The summed E-state index contributed by atoms with van der Waals surface area (Å²) >= 11 is 0. The van der Waals surface area contributed by atoms with Crippen LogP contribution < -0.4 is 0 Å². The molecule has 0 aromatic heterocycles. The van der Waals surface area contributed by atoms with Crippen molar-refractivity contribution < 1.29 is 64.9 Å². The van der Waals surface area contributed by atoms with E-state index in [-0.39, 0.29) is 52.6 Å². The average Bonchev–Trinajstić information content (AvgIpc) is 3.51. The van der Waals surface area contributed by atoms with Gasteiger partial charge in [-0.2, -0.15) is 0 Å². The summed E-state index contributed by atoms with van der Waals surface area (Å²) in [6, 6.07) is 0. The molecule has 4 aliphatic carbocycles. The summed E-state index contributed by atoms with van der Waals surface area (Å²) in [6.45, 7) is 14.5. The van der Waals surface area contributed by atoms with Crippen molar-refractivity contribution in [3.8, 4) is 0 Å². The van der Waals surface area contributed by atoms with E-state index in [1.807, 2.05) is 0 Å². The second-order valence-electron chi connectivity index (χ2n) is 19.8. The number of allylic oxidation sites excluding steroid dienone is 2. The lowest BCUT2D eigenvalue weighted by Crippen LogP contribution is -2.67. The molecule has 19 unspecified atom stereocenters. The third-order valence-corrected chi connectivity index (χ3v) is 16.7. The van der Waals surface area contributed by atoms with Gasteiger partial charge in [-0.15, -0.1) is 0 Å². The molecule has 6 rings (SSSR count). The SMILES string of the molecule is CC(C)=CCCC(C)(OC1OC(CO)C(O)C(O)C1O)C1CCC2(C)C1CCC1C3(CO)CCC(OC4OC(CO)C(O)C(O)C4O)C(C)(C)C3CCC12C. The largest absolute Gasteiger partial charge is 0.396 e. The van der Waals surface area contributed by atoms with Crippen LogP contribution in [0.5, 0.6) is 0 Å². The molecular formula is C42H72O13. The summed E-state index contributed by atoms with van der Waals surface area (Å²) in [5, 5.41) is 95.0. The fourth-order valence-corrected chi connectivity index (χ4v) is 13.4. The van der Waals surface area contributed by atoms with E-state index >= 15 is 0 Å². The number of fused-ring (bicyclic) bond motifs is 5. The molecule has 4 saturated carbocycles. The van der Waals surface area contributed by atoms with Crippen LogP contribution >= 0.6 is 0 Å². The van der Waals surface area contributed by atoms with E-state index in [2.05, 4.69) is 54.5 Å². The number of rotatable bonds is 11. The molecular weight excluding hydrogens is 712 g/mol. The Bertz CT molecular complexity index is 1350. The van der Waals surface area contributed by atoms with Gasteiger partial charge in [0, 0.05) is 12.0 Å². The van der Waals surface area contributed by atoms with Crippen LogP contribution in [0.3, 0.4) is 0 Å². The average molecular weight is 785 g/mol. The number of hydrogen-bond donors (Lipinski definition) is 9. The zero-order valence-electron chi connectivity index (χ0n) is 34.1. The molecule has 0 bridgehead atoms. The first-order valence-corrected chi connectivity index (χ1v) is 20.9. The maximum atomic E-state index is 11.6. The van der Waals surface area contributed by atoms with E-state index in [9.17, 15) is 46.0 Å². The normalized spacial score (nSPS) is 50.7. The van der Waals surface area contributed by atoms with Crippen molar-refractivity contribution in [3.63, 3.8) is 0 Å². The minimum Gasteiger partial charge on any atom is -0.396 e. The highest BCUT2D eigenvalue weighted by Gasteiger charge is 2.71. The van der Waals surface area contributed by atoms with Crippen LogP contribution in [0.2, 0.25) is 0 Å². The Morgan fingerprint density at radius 2 is 1.27 bits per heavy atom. The van der Waals surface area contributed by atoms with Crippen LogP contribution in [-0.4, -0.2) is 139 Å². The zero-order chi connectivity index (χ0) is 40.5. The van der Waals surface area contributed by atoms with Crippen molar-refractivity contribution in [1.29, 1.82) is 0 Å². The van der Waals surface area contributed by atoms with Gasteiger partial charge in [-0.25, -0.2) is 0 Å². The van der Waals surface area contributed by atoms with Crippen LogP contribution in [0.25, 0.3) is 0 Å². The summed E-state index contributed by atoms with van der Waals surface area (Å²) < 4.78 is 25.0.